The van der Waals surface area contributed by atoms with Gasteiger partial charge in [0.25, 0.3) is 0 Å². The minimum atomic E-state index is -0.246. The van der Waals surface area contributed by atoms with Crippen molar-refractivity contribution >= 4 is 0 Å². The van der Waals surface area contributed by atoms with Crippen LogP contribution in [-0.4, -0.2) is 13.2 Å². The fraction of sp³-hybridized carbons (Fsp3) is 0.455. The van der Waals surface area contributed by atoms with Crippen molar-refractivity contribution in [3.05, 3.63) is 29.1 Å². The Morgan fingerprint density at radius 2 is 2.14 bits per heavy atom. The SMILES string of the molecule is COc1cc(F)c(CC(C)N)cc1C. The third kappa shape index (κ3) is 2.45. The molecule has 0 fully saturated rings. The highest BCUT2D eigenvalue weighted by Crippen LogP contribution is 2.22. The van der Waals surface area contributed by atoms with Crippen molar-refractivity contribution < 1.29 is 9.13 Å². The number of hydrogen-bond donors (Lipinski definition) is 1. The van der Waals surface area contributed by atoms with E-state index in [0.717, 1.165) is 5.56 Å². The molecule has 0 spiro atoms. The zero-order valence-electron chi connectivity index (χ0n) is 8.80. The van der Waals surface area contributed by atoms with Crippen molar-refractivity contribution in [3.63, 3.8) is 0 Å². The maximum absolute atomic E-state index is 13.4. The molecule has 0 aromatic heterocycles. The number of halogens is 1. The number of methoxy groups -OCH3 is 1. The molecule has 3 heteroatoms. The Hall–Kier alpha value is -1.09. The molecule has 0 radical (unpaired) electrons. The molecule has 1 rings (SSSR count). The number of rotatable bonds is 3. The van der Waals surface area contributed by atoms with Crippen LogP contribution in [0.4, 0.5) is 4.39 Å². The summed E-state index contributed by atoms with van der Waals surface area (Å²) >= 11 is 0. The van der Waals surface area contributed by atoms with E-state index in [0.29, 0.717) is 17.7 Å². The van der Waals surface area contributed by atoms with E-state index in [-0.39, 0.29) is 11.9 Å². The van der Waals surface area contributed by atoms with Crippen LogP contribution < -0.4 is 10.5 Å². The van der Waals surface area contributed by atoms with Crippen LogP contribution in [0.1, 0.15) is 18.1 Å². The summed E-state index contributed by atoms with van der Waals surface area (Å²) in [5, 5.41) is 0. The summed E-state index contributed by atoms with van der Waals surface area (Å²) in [5.74, 6) is 0.334. The Labute approximate surface area is 83.9 Å². The van der Waals surface area contributed by atoms with E-state index in [2.05, 4.69) is 0 Å². The van der Waals surface area contributed by atoms with Crippen LogP contribution in [0.5, 0.6) is 5.75 Å². The van der Waals surface area contributed by atoms with Crippen molar-refractivity contribution in [3.8, 4) is 5.75 Å². The van der Waals surface area contributed by atoms with E-state index in [1.54, 1.807) is 6.07 Å². The van der Waals surface area contributed by atoms with Crippen LogP contribution >= 0.6 is 0 Å². The highest BCUT2D eigenvalue weighted by Gasteiger charge is 2.08. The standard InChI is InChI=1S/C11H16FNO/c1-7-4-9(5-8(2)13)10(12)6-11(7)14-3/h4,6,8H,5,13H2,1-3H3. The van der Waals surface area contributed by atoms with Crippen LogP contribution in [0.3, 0.4) is 0 Å². The van der Waals surface area contributed by atoms with Gasteiger partial charge in [0.05, 0.1) is 7.11 Å². The third-order valence-electron chi connectivity index (χ3n) is 2.11. The first-order valence-electron chi connectivity index (χ1n) is 4.63. The highest BCUT2D eigenvalue weighted by atomic mass is 19.1. The largest absolute Gasteiger partial charge is 0.496 e. The molecule has 78 valence electrons. The van der Waals surface area contributed by atoms with Crippen molar-refractivity contribution in [2.75, 3.05) is 7.11 Å². The first-order chi connectivity index (χ1) is 6.54. The monoisotopic (exact) mass is 197 g/mol. The lowest BCUT2D eigenvalue weighted by atomic mass is 10.0. The Morgan fingerprint density at radius 3 is 2.64 bits per heavy atom. The van der Waals surface area contributed by atoms with Gasteiger partial charge >= 0.3 is 0 Å². The quantitative estimate of drug-likeness (QED) is 0.804. The molecule has 1 unspecified atom stereocenters. The molecule has 0 aliphatic rings. The van der Waals surface area contributed by atoms with Gasteiger partial charge in [-0.1, -0.05) is 0 Å². The molecule has 0 aliphatic heterocycles. The van der Waals surface area contributed by atoms with Gasteiger partial charge in [0.2, 0.25) is 0 Å². The Morgan fingerprint density at radius 1 is 1.50 bits per heavy atom. The van der Waals surface area contributed by atoms with Gasteiger partial charge < -0.3 is 10.5 Å². The predicted molar refractivity (Wildman–Crippen MR) is 55.0 cm³/mol. The summed E-state index contributed by atoms with van der Waals surface area (Å²) in [6.07, 6.45) is 0.552. The van der Waals surface area contributed by atoms with Crippen molar-refractivity contribution in [1.82, 2.24) is 0 Å². The average Bonchev–Trinajstić information content (AvgIpc) is 2.10. The maximum Gasteiger partial charge on any atom is 0.130 e. The topological polar surface area (TPSA) is 35.2 Å². The zero-order chi connectivity index (χ0) is 10.7. The molecule has 1 atom stereocenters. The summed E-state index contributed by atoms with van der Waals surface area (Å²) in [6, 6.07) is 3.17. The van der Waals surface area contributed by atoms with Crippen molar-refractivity contribution in [1.29, 1.82) is 0 Å². The predicted octanol–water partition coefficient (Wildman–Crippen LogP) is 2.03. The summed E-state index contributed by atoms with van der Waals surface area (Å²) in [5.41, 5.74) is 7.20. The van der Waals surface area contributed by atoms with Gasteiger partial charge in [-0.05, 0) is 37.5 Å². The fourth-order valence-corrected chi connectivity index (χ4v) is 1.45. The highest BCUT2D eigenvalue weighted by molar-refractivity contribution is 5.37. The van der Waals surface area contributed by atoms with Crippen LogP contribution in [0.25, 0.3) is 0 Å². The number of hydrogen-bond acceptors (Lipinski definition) is 2. The second-order valence-corrected chi connectivity index (χ2v) is 3.59. The van der Waals surface area contributed by atoms with E-state index in [9.17, 15) is 4.39 Å². The number of ether oxygens (including phenoxy) is 1. The lowest BCUT2D eigenvalue weighted by Crippen LogP contribution is -2.18. The first-order valence-corrected chi connectivity index (χ1v) is 4.63. The van der Waals surface area contributed by atoms with Gasteiger partial charge in [-0.15, -0.1) is 0 Å². The minimum Gasteiger partial charge on any atom is -0.496 e. The van der Waals surface area contributed by atoms with Crippen LogP contribution in [0.15, 0.2) is 12.1 Å². The molecule has 0 saturated carbocycles. The minimum absolute atomic E-state index is 0.0303. The van der Waals surface area contributed by atoms with E-state index in [1.807, 2.05) is 13.8 Å². The molecule has 1 aromatic rings. The van der Waals surface area contributed by atoms with Crippen molar-refractivity contribution in [2.24, 2.45) is 5.73 Å². The van der Waals surface area contributed by atoms with Crippen LogP contribution in [-0.2, 0) is 6.42 Å². The molecule has 2 nitrogen and oxygen atoms in total. The van der Waals surface area contributed by atoms with Gasteiger partial charge in [-0.3, -0.25) is 0 Å². The smallest absolute Gasteiger partial charge is 0.130 e. The zero-order valence-corrected chi connectivity index (χ0v) is 8.80. The third-order valence-corrected chi connectivity index (χ3v) is 2.11. The van der Waals surface area contributed by atoms with Crippen LogP contribution in [0.2, 0.25) is 0 Å². The summed E-state index contributed by atoms with van der Waals surface area (Å²) in [4.78, 5) is 0. The summed E-state index contributed by atoms with van der Waals surface area (Å²) in [7, 11) is 1.53. The van der Waals surface area contributed by atoms with E-state index in [4.69, 9.17) is 10.5 Å². The normalized spacial score (nSPS) is 12.6. The molecule has 2 N–H and O–H groups in total. The molecule has 0 saturated heterocycles. The molecule has 0 heterocycles. The number of nitrogens with two attached hydrogens (primary N) is 1. The van der Waals surface area contributed by atoms with Gasteiger partial charge in [-0.2, -0.15) is 0 Å². The molecule has 1 aromatic carbocycles. The Bertz CT molecular complexity index is 323. The molecule has 14 heavy (non-hydrogen) atoms. The second kappa shape index (κ2) is 4.42. The van der Waals surface area contributed by atoms with Gasteiger partial charge in [0.1, 0.15) is 11.6 Å². The fourth-order valence-electron chi connectivity index (χ4n) is 1.45. The molecule has 0 amide bonds. The number of benzene rings is 1. The Balaban J connectivity index is 3.02. The van der Waals surface area contributed by atoms with Crippen LogP contribution in [0, 0.1) is 12.7 Å². The summed E-state index contributed by atoms with van der Waals surface area (Å²) in [6.45, 7) is 3.75. The van der Waals surface area contributed by atoms with E-state index >= 15 is 0 Å². The molecular formula is C11H16FNO. The van der Waals surface area contributed by atoms with Gasteiger partial charge in [0, 0.05) is 12.1 Å². The number of aryl methyl sites for hydroxylation is 1. The average molecular weight is 197 g/mol. The molecule has 0 aliphatic carbocycles. The Kier molecular flexibility index (Phi) is 3.47. The molecular weight excluding hydrogens is 181 g/mol. The lowest BCUT2D eigenvalue weighted by Gasteiger charge is -2.10. The lowest BCUT2D eigenvalue weighted by molar-refractivity contribution is 0.407. The van der Waals surface area contributed by atoms with E-state index < -0.39 is 0 Å². The maximum atomic E-state index is 13.4. The van der Waals surface area contributed by atoms with Gasteiger partial charge in [-0.25, -0.2) is 4.39 Å². The van der Waals surface area contributed by atoms with E-state index in [1.165, 1.54) is 13.2 Å². The van der Waals surface area contributed by atoms with Crippen molar-refractivity contribution in [2.45, 2.75) is 26.3 Å². The molecule has 0 bridgehead atoms. The first kappa shape index (κ1) is 11.0. The van der Waals surface area contributed by atoms with Gasteiger partial charge in [0.15, 0.2) is 0 Å². The second-order valence-electron chi connectivity index (χ2n) is 3.59. The summed E-state index contributed by atoms with van der Waals surface area (Å²) < 4.78 is 18.5.